The molecular formula is C13H17N3O. The molecule has 1 unspecified atom stereocenters. The van der Waals surface area contributed by atoms with Gasteiger partial charge in [0.05, 0.1) is 11.7 Å². The fourth-order valence-electron chi connectivity index (χ4n) is 2.47. The van der Waals surface area contributed by atoms with E-state index in [1.165, 1.54) is 6.42 Å². The first kappa shape index (κ1) is 10.7. The number of imidazole rings is 1. The van der Waals surface area contributed by atoms with Crippen molar-refractivity contribution in [1.29, 1.82) is 0 Å². The Labute approximate surface area is 100 Å². The molecule has 1 saturated heterocycles. The largest absolute Gasteiger partial charge is 0.370 e. The molecule has 1 atom stereocenters. The lowest BCUT2D eigenvalue weighted by atomic mass is 10.1. The Morgan fingerprint density at radius 2 is 2.35 bits per heavy atom. The van der Waals surface area contributed by atoms with Gasteiger partial charge in [0, 0.05) is 18.8 Å². The minimum atomic E-state index is 0.124. The highest BCUT2D eigenvalue weighted by Gasteiger charge is 2.21. The lowest BCUT2D eigenvalue weighted by Gasteiger charge is -2.22. The molecule has 3 rings (SSSR count). The Balaban J connectivity index is 2.09. The van der Waals surface area contributed by atoms with E-state index in [-0.39, 0.29) is 6.10 Å². The van der Waals surface area contributed by atoms with E-state index in [1.807, 2.05) is 18.3 Å². The van der Waals surface area contributed by atoms with Gasteiger partial charge in [0.1, 0.15) is 11.9 Å². The zero-order valence-electron chi connectivity index (χ0n) is 9.80. The zero-order chi connectivity index (χ0) is 11.7. The number of nitrogens with two attached hydrogens (primary N) is 1. The van der Waals surface area contributed by atoms with Crippen LogP contribution in [0.1, 0.15) is 36.9 Å². The monoisotopic (exact) mass is 231 g/mol. The summed E-state index contributed by atoms with van der Waals surface area (Å²) in [7, 11) is 0. The second-order valence-electron chi connectivity index (χ2n) is 4.45. The summed E-state index contributed by atoms with van der Waals surface area (Å²) in [5.74, 6) is 1.00. The maximum atomic E-state index is 5.81. The van der Waals surface area contributed by atoms with Crippen molar-refractivity contribution < 1.29 is 4.74 Å². The van der Waals surface area contributed by atoms with Crippen molar-refractivity contribution in [2.45, 2.75) is 31.9 Å². The minimum Gasteiger partial charge on any atom is -0.370 e. The molecule has 4 nitrogen and oxygen atoms in total. The highest BCUT2D eigenvalue weighted by Crippen LogP contribution is 2.28. The summed E-state index contributed by atoms with van der Waals surface area (Å²) >= 11 is 0. The topological polar surface area (TPSA) is 52.5 Å². The van der Waals surface area contributed by atoms with Gasteiger partial charge in [-0.2, -0.15) is 0 Å². The van der Waals surface area contributed by atoms with Crippen LogP contribution in [-0.4, -0.2) is 16.0 Å². The van der Waals surface area contributed by atoms with E-state index >= 15 is 0 Å². The lowest BCUT2D eigenvalue weighted by molar-refractivity contribution is 0.00903. The number of hydrogen-bond acceptors (Lipinski definition) is 3. The molecule has 2 aromatic heterocycles. The summed E-state index contributed by atoms with van der Waals surface area (Å²) in [6.45, 7) is 1.36. The molecule has 0 bridgehead atoms. The molecule has 17 heavy (non-hydrogen) atoms. The zero-order valence-corrected chi connectivity index (χ0v) is 9.80. The van der Waals surface area contributed by atoms with Crippen LogP contribution in [0.25, 0.3) is 5.52 Å². The van der Waals surface area contributed by atoms with Crippen molar-refractivity contribution in [2.75, 3.05) is 6.61 Å². The predicted octanol–water partition coefficient (Wildman–Crippen LogP) is 2.03. The number of nitrogens with zero attached hydrogens (tertiary/aromatic N) is 2. The van der Waals surface area contributed by atoms with Crippen LogP contribution in [0.2, 0.25) is 0 Å². The summed E-state index contributed by atoms with van der Waals surface area (Å²) in [5.41, 5.74) is 7.97. The van der Waals surface area contributed by atoms with Gasteiger partial charge in [-0.15, -0.1) is 0 Å². The van der Waals surface area contributed by atoms with Crippen LogP contribution in [0.15, 0.2) is 24.4 Å². The van der Waals surface area contributed by atoms with Crippen LogP contribution < -0.4 is 5.73 Å². The molecule has 0 radical (unpaired) electrons. The number of pyridine rings is 1. The minimum absolute atomic E-state index is 0.124. The predicted molar refractivity (Wildman–Crippen MR) is 65.6 cm³/mol. The first-order valence-corrected chi connectivity index (χ1v) is 6.17. The average molecular weight is 231 g/mol. The van der Waals surface area contributed by atoms with Gasteiger partial charge in [-0.1, -0.05) is 6.07 Å². The lowest BCUT2D eigenvalue weighted by Crippen LogP contribution is -2.16. The highest BCUT2D eigenvalue weighted by molar-refractivity contribution is 5.47. The Hall–Kier alpha value is -1.39. The standard InChI is InChI=1S/C13H17N3O/c14-8-10-4-3-5-11-9-15-13(16(10)11)12-6-1-2-7-17-12/h3-5,9,12H,1-2,6-8,14H2. The number of rotatable bonds is 2. The molecule has 0 aliphatic carbocycles. The van der Waals surface area contributed by atoms with Crippen molar-refractivity contribution in [3.05, 3.63) is 35.9 Å². The smallest absolute Gasteiger partial charge is 0.142 e. The Morgan fingerprint density at radius 1 is 1.41 bits per heavy atom. The van der Waals surface area contributed by atoms with E-state index in [0.29, 0.717) is 6.54 Å². The van der Waals surface area contributed by atoms with E-state index in [9.17, 15) is 0 Å². The van der Waals surface area contributed by atoms with Gasteiger partial charge < -0.3 is 10.5 Å². The Morgan fingerprint density at radius 3 is 3.12 bits per heavy atom. The first-order valence-electron chi connectivity index (χ1n) is 6.17. The molecule has 1 fully saturated rings. The van der Waals surface area contributed by atoms with Crippen molar-refractivity contribution in [2.24, 2.45) is 5.73 Å². The number of ether oxygens (including phenoxy) is 1. The molecule has 90 valence electrons. The molecule has 2 N–H and O–H groups in total. The third-order valence-corrected chi connectivity index (χ3v) is 3.34. The molecular weight excluding hydrogens is 214 g/mol. The van der Waals surface area contributed by atoms with Crippen LogP contribution in [0, 0.1) is 0 Å². The van der Waals surface area contributed by atoms with Gasteiger partial charge in [-0.3, -0.25) is 4.40 Å². The van der Waals surface area contributed by atoms with Crippen molar-refractivity contribution >= 4 is 5.52 Å². The summed E-state index contributed by atoms with van der Waals surface area (Å²) < 4.78 is 7.94. The van der Waals surface area contributed by atoms with Crippen LogP contribution in [0.4, 0.5) is 0 Å². The number of fused-ring (bicyclic) bond motifs is 1. The molecule has 2 aromatic rings. The van der Waals surface area contributed by atoms with Crippen LogP contribution in [0.5, 0.6) is 0 Å². The molecule has 0 saturated carbocycles. The van der Waals surface area contributed by atoms with Gasteiger partial charge in [-0.25, -0.2) is 4.98 Å². The molecule has 0 amide bonds. The van der Waals surface area contributed by atoms with Crippen LogP contribution in [0.3, 0.4) is 0 Å². The number of hydrogen-bond donors (Lipinski definition) is 1. The van der Waals surface area contributed by atoms with Gasteiger partial charge >= 0.3 is 0 Å². The van der Waals surface area contributed by atoms with Gasteiger partial charge in [0.2, 0.25) is 0 Å². The average Bonchev–Trinajstić information content (AvgIpc) is 2.83. The molecule has 0 aromatic carbocycles. The summed E-state index contributed by atoms with van der Waals surface area (Å²) in [6.07, 6.45) is 5.44. The SMILES string of the molecule is NCc1cccc2cnc(C3CCCCO3)n12. The first-order chi connectivity index (χ1) is 8.40. The van der Waals surface area contributed by atoms with Crippen molar-refractivity contribution in [1.82, 2.24) is 9.38 Å². The van der Waals surface area contributed by atoms with Gasteiger partial charge in [0.15, 0.2) is 0 Å². The summed E-state index contributed by atoms with van der Waals surface area (Å²) in [4.78, 5) is 4.51. The third kappa shape index (κ3) is 1.83. The molecule has 1 aliphatic rings. The van der Waals surface area contributed by atoms with E-state index < -0.39 is 0 Å². The molecule has 4 heteroatoms. The van der Waals surface area contributed by atoms with E-state index in [4.69, 9.17) is 10.5 Å². The van der Waals surface area contributed by atoms with Gasteiger partial charge in [-0.05, 0) is 31.4 Å². The van der Waals surface area contributed by atoms with Crippen LogP contribution >= 0.6 is 0 Å². The van der Waals surface area contributed by atoms with E-state index in [0.717, 1.165) is 36.5 Å². The molecule has 3 heterocycles. The third-order valence-electron chi connectivity index (χ3n) is 3.34. The van der Waals surface area contributed by atoms with Crippen molar-refractivity contribution in [3.8, 4) is 0 Å². The number of aromatic nitrogens is 2. The fourth-order valence-corrected chi connectivity index (χ4v) is 2.47. The highest BCUT2D eigenvalue weighted by atomic mass is 16.5. The van der Waals surface area contributed by atoms with E-state index in [1.54, 1.807) is 0 Å². The van der Waals surface area contributed by atoms with Crippen LogP contribution in [-0.2, 0) is 11.3 Å². The maximum absolute atomic E-state index is 5.81. The normalized spacial score (nSPS) is 20.9. The Bertz CT molecular complexity index is 514. The Kier molecular flexibility index (Phi) is 2.82. The maximum Gasteiger partial charge on any atom is 0.142 e. The van der Waals surface area contributed by atoms with E-state index in [2.05, 4.69) is 15.5 Å². The quantitative estimate of drug-likeness (QED) is 0.860. The second-order valence-corrected chi connectivity index (χ2v) is 4.45. The second kappa shape index (κ2) is 4.47. The fraction of sp³-hybridized carbons (Fsp3) is 0.462. The molecule has 1 aliphatic heterocycles. The van der Waals surface area contributed by atoms with Crippen molar-refractivity contribution in [3.63, 3.8) is 0 Å². The molecule has 0 spiro atoms. The summed E-state index contributed by atoms with van der Waals surface area (Å²) in [6, 6.07) is 6.12. The summed E-state index contributed by atoms with van der Waals surface area (Å²) in [5, 5.41) is 0. The van der Waals surface area contributed by atoms with Gasteiger partial charge in [0.25, 0.3) is 0 Å².